The number of carbonyl (C=O) groups is 1. The molecule has 1 atom stereocenters. The molecule has 0 aliphatic heterocycles. The van der Waals surface area contributed by atoms with E-state index in [9.17, 15) is 13.2 Å². The molecule has 1 amide bonds. The number of carbonyl (C=O) groups excluding carboxylic acids is 1. The molecule has 0 spiro atoms. The molecule has 0 aliphatic rings. The third-order valence-electron chi connectivity index (χ3n) is 3.32. The van der Waals surface area contributed by atoms with E-state index < -0.39 is 10.0 Å². The van der Waals surface area contributed by atoms with Crippen LogP contribution in [0, 0.1) is 0 Å². The molecule has 25 heavy (non-hydrogen) atoms. The van der Waals surface area contributed by atoms with Gasteiger partial charge in [-0.2, -0.15) is 0 Å². The van der Waals surface area contributed by atoms with E-state index >= 15 is 0 Å². The van der Waals surface area contributed by atoms with Gasteiger partial charge in [-0.1, -0.05) is 40.2 Å². The SMILES string of the molecule is CC(NC(=O)/C=C/c1cccc(Br)c1)c1cccc(NS(C)(=O)=O)c1. The second kappa shape index (κ2) is 8.31. The van der Waals surface area contributed by atoms with Gasteiger partial charge in [0, 0.05) is 16.2 Å². The van der Waals surface area contributed by atoms with Crippen molar-refractivity contribution in [2.24, 2.45) is 0 Å². The predicted molar refractivity (Wildman–Crippen MR) is 105 cm³/mol. The van der Waals surface area contributed by atoms with Gasteiger partial charge >= 0.3 is 0 Å². The van der Waals surface area contributed by atoms with Crippen molar-refractivity contribution >= 4 is 43.6 Å². The highest BCUT2D eigenvalue weighted by atomic mass is 79.9. The van der Waals surface area contributed by atoms with E-state index in [1.807, 2.05) is 37.3 Å². The summed E-state index contributed by atoms with van der Waals surface area (Å²) in [5.74, 6) is -0.228. The van der Waals surface area contributed by atoms with Gasteiger partial charge in [-0.05, 0) is 48.4 Å². The Bertz CT molecular complexity index is 895. The predicted octanol–water partition coefficient (Wildman–Crippen LogP) is 3.71. The molecule has 0 fully saturated rings. The number of halogens is 1. The summed E-state index contributed by atoms with van der Waals surface area (Å²) in [5.41, 5.74) is 2.18. The van der Waals surface area contributed by atoms with Crippen molar-refractivity contribution in [2.45, 2.75) is 13.0 Å². The average Bonchev–Trinajstić information content (AvgIpc) is 2.51. The first-order valence-corrected chi connectivity index (χ1v) is 10.2. The quantitative estimate of drug-likeness (QED) is 0.696. The minimum absolute atomic E-state index is 0.228. The zero-order chi connectivity index (χ0) is 18.4. The minimum atomic E-state index is -3.34. The Morgan fingerprint density at radius 3 is 2.56 bits per heavy atom. The van der Waals surface area contributed by atoms with Gasteiger partial charge in [-0.3, -0.25) is 9.52 Å². The lowest BCUT2D eigenvalue weighted by Crippen LogP contribution is -2.24. The zero-order valence-electron chi connectivity index (χ0n) is 13.9. The van der Waals surface area contributed by atoms with Crippen LogP contribution in [-0.4, -0.2) is 20.6 Å². The molecule has 0 aliphatic carbocycles. The van der Waals surface area contributed by atoms with Crippen molar-refractivity contribution in [3.05, 3.63) is 70.2 Å². The molecule has 2 aromatic rings. The molecule has 2 N–H and O–H groups in total. The van der Waals surface area contributed by atoms with E-state index in [2.05, 4.69) is 26.0 Å². The molecular weight excluding hydrogens is 404 g/mol. The molecule has 0 radical (unpaired) electrons. The lowest BCUT2D eigenvalue weighted by atomic mass is 10.1. The highest BCUT2D eigenvalue weighted by Gasteiger charge is 2.09. The van der Waals surface area contributed by atoms with E-state index in [1.165, 1.54) is 6.08 Å². The fourth-order valence-corrected chi connectivity index (χ4v) is 3.18. The van der Waals surface area contributed by atoms with Gasteiger partial charge < -0.3 is 5.32 Å². The monoisotopic (exact) mass is 422 g/mol. The lowest BCUT2D eigenvalue weighted by Gasteiger charge is -2.14. The summed E-state index contributed by atoms with van der Waals surface area (Å²) in [4.78, 5) is 12.1. The maximum atomic E-state index is 12.1. The Kier molecular flexibility index (Phi) is 6.39. The van der Waals surface area contributed by atoms with E-state index in [0.717, 1.165) is 21.9 Å². The summed E-state index contributed by atoms with van der Waals surface area (Å²) >= 11 is 3.38. The topological polar surface area (TPSA) is 75.3 Å². The number of sulfonamides is 1. The summed E-state index contributed by atoms with van der Waals surface area (Å²) in [6.07, 6.45) is 4.29. The van der Waals surface area contributed by atoms with Crippen molar-refractivity contribution in [2.75, 3.05) is 11.0 Å². The molecule has 0 aromatic heterocycles. The molecule has 5 nitrogen and oxygen atoms in total. The Morgan fingerprint density at radius 2 is 1.88 bits per heavy atom. The van der Waals surface area contributed by atoms with Crippen LogP contribution in [0.15, 0.2) is 59.1 Å². The second-order valence-electron chi connectivity index (χ2n) is 5.62. The van der Waals surface area contributed by atoms with Crippen molar-refractivity contribution in [1.29, 1.82) is 0 Å². The van der Waals surface area contributed by atoms with Gasteiger partial charge in [-0.15, -0.1) is 0 Å². The van der Waals surface area contributed by atoms with Crippen LogP contribution in [0.5, 0.6) is 0 Å². The van der Waals surface area contributed by atoms with Gasteiger partial charge in [0.2, 0.25) is 15.9 Å². The van der Waals surface area contributed by atoms with Gasteiger partial charge in [0.1, 0.15) is 0 Å². The van der Waals surface area contributed by atoms with Crippen LogP contribution in [0.1, 0.15) is 24.1 Å². The molecule has 1 unspecified atom stereocenters. The fraction of sp³-hybridized carbons (Fsp3) is 0.167. The molecule has 0 saturated carbocycles. The Hall–Kier alpha value is -2.12. The van der Waals surface area contributed by atoms with E-state index in [0.29, 0.717) is 5.69 Å². The molecule has 2 aromatic carbocycles. The number of nitrogens with one attached hydrogen (secondary N) is 2. The van der Waals surface area contributed by atoms with E-state index in [4.69, 9.17) is 0 Å². The van der Waals surface area contributed by atoms with Crippen molar-refractivity contribution in [1.82, 2.24) is 5.32 Å². The molecule has 7 heteroatoms. The molecular formula is C18H19BrN2O3S. The maximum Gasteiger partial charge on any atom is 0.244 e. The lowest BCUT2D eigenvalue weighted by molar-refractivity contribution is -0.117. The molecule has 132 valence electrons. The van der Waals surface area contributed by atoms with Crippen molar-refractivity contribution < 1.29 is 13.2 Å². The van der Waals surface area contributed by atoms with Crippen LogP contribution < -0.4 is 10.0 Å². The molecule has 0 saturated heterocycles. The van der Waals surface area contributed by atoms with Crippen LogP contribution in [-0.2, 0) is 14.8 Å². The number of benzene rings is 2. The summed E-state index contributed by atoms with van der Waals surface area (Å²) in [6.45, 7) is 1.84. The first-order valence-electron chi connectivity index (χ1n) is 7.55. The van der Waals surface area contributed by atoms with Crippen molar-refractivity contribution in [3.63, 3.8) is 0 Å². The number of amides is 1. The minimum Gasteiger partial charge on any atom is -0.346 e. The summed E-state index contributed by atoms with van der Waals surface area (Å²) in [6, 6.07) is 14.3. The van der Waals surface area contributed by atoms with Gasteiger partial charge in [0.15, 0.2) is 0 Å². The van der Waals surface area contributed by atoms with Crippen LogP contribution in [0.2, 0.25) is 0 Å². The Balaban J connectivity index is 2.02. The summed E-state index contributed by atoms with van der Waals surface area (Å²) in [5, 5.41) is 2.86. The first-order chi connectivity index (χ1) is 11.7. The zero-order valence-corrected chi connectivity index (χ0v) is 16.3. The Labute approximate surface area is 156 Å². The smallest absolute Gasteiger partial charge is 0.244 e. The summed E-state index contributed by atoms with van der Waals surface area (Å²) in [7, 11) is -3.34. The fourth-order valence-electron chi connectivity index (χ4n) is 2.21. The number of hydrogen-bond acceptors (Lipinski definition) is 3. The van der Waals surface area contributed by atoms with Crippen molar-refractivity contribution in [3.8, 4) is 0 Å². The van der Waals surface area contributed by atoms with Crippen LogP contribution >= 0.6 is 15.9 Å². The third-order valence-corrected chi connectivity index (χ3v) is 4.42. The third kappa shape index (κ3) is 6.72. The maximum absolute atomic E-state index is 12.1. The highest BCUT2D eigenvalue weighted by molar-refractivity contribution is 9.10. The normalized spacial score (nSPS) is 12.8. The number of hydrogen-bond donors (Lipinski definition) is 2. The summed E-state index contributed by atoms with van der Waals surface area (Å²) < 4.78 is 26.0. The molecule has 2 rings (SSSR count). The van der Waals surface area contributed by atoms with Gasteiger partial charge in [-0.25, -0.2) is 8.42 Å². The first kappa shape index (κ1) is 19.2. The Morgan fingerprint density at radius 1 is 1.16 bits per heavy atom. The number of rotatable bonds is 6. The molecule has 0 heterocycles. The van der Waals surface area contributed by atoms with E-state index in [1.54, 1.807) is 24.3 Å². The van der Waals surface area contributed by atoms with Gasteiger partial charge in [0.25, 0.3) is 0 Å². The van der Waals surface area contributed by atoms with Crippen LogP contribution in [0.25, 0.3) is 6.08 Å². The van der Waals surface area contributed by atoms with Crippen LogP contribution in [0.3, 0.4) is 0 Å². The second-order valence-corrected chi connectivity index (χ2v) is 8.28. The van der Waals surface area contributed by atoms with Crippen LogP contribution in [0.4, 0.5) is 5.69 Å². The van der Waals surface area contributed by atoms with Gasteiger partial charge in [0.05, 0.1) is 12.3 Å². The largest absolute Gasteiger partial charge is 0.346 e. The molecule has 0 bridgehead atoms. The standard InChI is InChI=1S/C18H19BrN2O3S/c1-13(15-6-4-8-17(12-15)21-25(2,23)24)20-18(22)10-9-14-5-3-7-16(19)11-14/h3-13,21H,1-2H3,(H,20,22)/b10-9+. The average molecular weight is 423 g/mol. The number of anilines is 1. The van der Waals surface area contributed by atoms with E-state index in [-0.39, 0.29) is 11.9 Å². The highest BCUT2D eigenvalue weighted by Crippen LogP contribution is 2.18.